The summed E-state index contributed by atoms with van der Waals surface area (Å²) < 4.78 is 6.24. The normalized spacial score (nSPS) is 18.8. The molecule has 1 saturated heterocycles. The second kappa shape index (κ2) is 11.1. The predicted octanol–water partition coefficient (Wildman–Crippen LogP) is 7.22. The highest BCUT2D eigenvalue weighted by atomic mass is 35.5. The number of nitrogens with zero attached hydrogens (tertiary/aromatic N) is 3. The van der Waals surface area contributed by atoms with E-state index < -0.39 is 0 Å². The van der Waals surface area contributed by atoms with Crippen molar-refractivity contribution in [2.24, 2.45) is 11.1 Å². The molecule has 0 radical (unpaired) electrons. The maximum absolute atomic E-state index is 8.09. The Hall–Kier alpha value is -3.81. The van der Waals surface area contributed by atoms with E-state index in [0.717, 1.165) is 54.5 Å². The van der Waals surface area contributed by atoms with Crippen molar-refractivity contribution >= 4 is 39.7 Å². The fourth-order valence-electron chi connectivity index (χ4n) is 6.94. The van der Waals surface area contributed by atoms with Gasteiger partial charge in [-0.3, -0.25) is 10.3 Å². The first kappa shape index (κ1) is 27.0. The number of benzene rings is 2. The molecule has 0 amide bonds. The van der Waals surface area contributed by atoms with Crippen molar-refractivity contribution in [2.75, 3.05) is 37.6 Å². The van der Waals surface area contributed by atoms with Crippen LogP contribution in [0.1, 0.15) is 49.7 Å². The molecule has 1 aliphatic heterocycles. The van der Waals surface area contributed by atoms with Gasteiger partial charge < -0.3 is 20.4 Å². The van der Waals surface area contributed by atoms with Gasteiger partial charge in [-0.25, -0.2) is 4.98 Å². The average molecular weight is 581 g/mol. The number of H-pyrrole nitrogens is 1. The Labute approximate surface area is 251 Å². The summed E-state index contributed by atoms with van der Waals surface area (Å²) in [6, 6.07) is 18.3. The second-order valence-electron chi connectivity index (χ2n) is 12.2. The van der Waals surface area contributed by atoms with Gasteiger partial charge in [0.1, 0.15) is 23.0 Å². The minimum absolute atomic E-state index is 0.0158. The fraction of sp³-hybridized carbons (Fsp3) is 0.353. The molecule has 7 rings (SSSR count). The molecule has 2 aromatic carbocycles. The summed E-state index contributed by atoms with van der Waals surface area (Å²) in [4.78, 5) is 12.6. The van der Waals surface area contributed by atoms with E-state index >= 15 is 0 Å². The first-order chi connectivity index (χ1) is 20.4. The molecule has 2 aromatic heterocycles. The summed E-state index contributed by atoms with van der Waals surface area (Å²) in [5.74, 6) is 1.18. The van der Waals surface area contributed by atoms with Gasteiger partial charge in [0.25, 0.3) is 0 Å². The number of piperazine rings is 1. The molecule has 4 aromatic rings. The van der Waals surface area contributed by atoms with Crippen molar-refractivity contribution in [1.82, 2.24) is 14.9 Å². The van der Waals surface area contributed by atoms with Crippen molar-refractivity contribution in [3.63, 3.8) is 0 Å². The summed E-state index contributed by atoms with van der Waals surface area (Å²) in [7, 11) is 0. The van der Waals surface area contributed by atoms with Crippen molar-refractivity contribution in [3.8, 4) is 11.5 Å². The van der Waals surface area contributed by atoms with Gasteiger partial charge in [-0.05, 0) is 85.1 Å². The zero-order chi connectivity index (χ0) is 28.7. The maximum Gasteiger partial charge on any atom is 0.146 e. The third kappa shape index (κ3) is 5.39. The molecule has 1 spiro atoms. The van der Waals surface area contributed by atoms with E-state index in [1.807, 2.05) is 48.7 Å². The predicted molar refractivity (Wildman–Crippen MR) is 171 cm³/mol. The standard InChI is InChI=1S/C34H37ClN6O/c35-26-4-2-23(3-5-26)30-20-34(10-1-11-34)12-8-25(30)22-40-14-16-41(17-15-40)27-6-7-29(32(36)37)31(19-27)42-28-18-24-9-13-38-33(24)39-21-28/h2-7,9,13,18-19,21H,1,8,10-12,14-17,20,22H2,(H3,36,37)(H,38,39). The van der Waals surface area contributed by atoms with E-state index in [1.54, 1.807) is 17.3 Å². The molecular weight excluding hydrogens is 544 g/mol. The summed E-state index contributed by atoms with van der Waals surface area (Å²) in [6.45, 7) is 4.91. The third-order valence-electron chi connectivity index (χ3n) is 9.55. The van der Waals surface area contributed by atoms with Crippen molar-refractivity contribution in [3.05, 3.63) is 88.7 Å². The summed E-state index contributed by atoms with van der Waals surface area (Å²) in [5, 5.41) is 9.86. The van der Waals surface area contributed by atoms with Crippen LogP contribution < -0.4 is 15.4 Å². The molecule has 1 saturated carbocycles. The van der Waals surface area contributed by atoms with Gasteiger partial charge in [0, 0.05) is 61.1 Å². The lowest BCUT2D eigenvalue weighted by atomic mass is 9.59. The van der Waals surface area contributed by atoms with Crippen LogP contribution in [0.5, 0.6) is 11.5 Å². The van der Waals surface area contributed by atoms with E-state index in [9.17, 15) is 0 Å². The Kier molecular flexibility index (Phi) is 7.16. The number of hydrogen-bond donors (Lipinski definition) is 3. The highest BCUT2D eigenvalue weighted by Gasteiger charge is 2.40. The number of rotatable bonds is 7. The number of pyridine rings is 1. The molecule has 2 fully saturated rings. The zero-order valence-electron chi connectivity index (χ0n) is 23.8. The molecule has 3 aliphatic rings. The first-order valence-corrected chi connectivity index (χ1v) is 15.4. The van der Waals surface area contributed by atoms with Gasteiger partial charge in [-0.2, -0.15) is 0 Å². The van der Waals surface area contributed by atoms with Gasteiger partial charge in [0.2, 0.25) is 0 Å². The van der Waals surface area contributed by atoms with Crippen LogP contribution in [0.3, 0.4) is 0 Å². The van der Waals surface area contributed by atoms with E-state index in [4.69, 9.17) is 27.5 Å². The average Bonchev–Trinajstić information content (AvgIpc) is 3.45. The molecule has 0 unspecified atom stereocenters. The van der Waals surface area contributed by atoms with Gasteiger partial charge in [-0.15, -0.1) is 0 Å². The lowest BCUT2D eigenvalue weighted by Gasteiger charge is -2.47. The molecule has 42 heavy (non-hydrogen) atoms. The topological polar surface area (TPSA) is 94.3 Å². The largest absolute Gasteiger partial charge is 0.455 e. The van der Waals surface area contributed by atoms with Gasteiger partial charge in [0.15, 0.2) is 0 Å². The quantitative estimate of drug-likeness (QED) is 0.158. The number of halogens is 1. The van der Waals surface area contributed by atoms with Crippen molar-refractivity contribution in [2.45, 2.75) is 38.5 Å². The molecule has 4 N–H and O–H groups in total. The van der Waals surface area contributed by atoms with Crippen molar-refractivity contribution < 1.29 is 4.74 Å². The van der Waals surface area contributed by atoms with Crippen molar-refractivity contribution in [1.29, 1.82) is 5.41 Å². The zero-order valence-corrected chi connectivity index (χ0v) is 24.6. The highest BCUT2D eigenvalue weighted by molar-refractivity contribution is 6.30. The van der Waals surface area contributed by atoms with Crippen LogP contribution in [-0.4, -0.2) is 53.4 Å². The molecule has 216 valence electrons. The fourth-order valence-corrected chi connectivity index (χ4v) is 7.07. The van der Waals surface area contributed by atoms with Crippen LogP contribution in [0.2, 0.25) is 5.02 Å². The molecule has 3 heterocycles. The highest BCUT2D eigenvalue weighted by Crippen LogP contribution is 2.55. The molecule has 8 heteroatoms. The van der Waals surface area contributed by atoms with E-state index in [1.165, 1.54) is 44.1 Å². The van der Waals surface area contributed by atoms with E-state index in [0.29, 0.717) is 22.5 Å². The minimum Gasteiger partial charge on any atom is -0.455 e. The van der Waals surface area contributed by atoms with Gasteiger partial charge in [0.05, 0.1) is 11.8 Å². The van der Waals surface area contributed by atoms with E-state index in [2.05, 4.69) is 31.9 Å². The number of nitrogens with one attached hydrogen (secondary N) is 2. The van der Waals surface area contributed by atoms with Crippen LogP contribution in [0.15, 0.2) is 72.6 Å². The summed E-state index contributed by atoms with van der Waals surface area (Å²) in [6.07, 6.45) is 11.4. The number of anilines is 1. The van der Waals surface area contributed by atoms with Crippen LogP contribution in [-0.2, 0) is 0 Å². The second-order valence-corrected chi connectivity index (χ2v) is 12.6. The lowest BCUT2D eigenvalue weighted by molar-refractivity contribution is 0.118. The summed E-state index contributed by atoms with van der Waals surface area (Å²) in [5.41, 5.74) is 13.4. The number of allylic oxidation sites excluding steroid dienone is 1. The third-order valence-corrected chi connectivity index (χ3v) is 9.80. The van der Waals surface area contributed by atoms with Crippen LogP contribution >= 0.6 is 11.6 Å². The summed E-state index contributed by atoms with van der Waals surface area (Å²) >= 11 is 6.23. The molecule has 7 nitrogen and oxygen atoms in total. The Morgan fingerprint density at radius 1 is 1.02 bits per heavy atom. The number of aromatic nitrogens is 2. The monoisotopic (exact) mass is 580 g/mol. The van der Waals surface area contributed by atoms with Crippen LogP contribution in [0.4, 0.5) is 5.69 Å². The molecule has 0 bridgehead atoms. The Balaban J connectivity index is 1.06. The Bertz CT molecular complexity index is 1650. The molecule has 2 aliphatic carbocycles. The molecular formula is C34H37ClN6O. The molecule has 0 atom stereocenters. The number of fused-ring (bicyclic) bond motifs is 1. The number of nitrogens with two attached hydrogens (primary N) is 1. The number of hydrogen-bond acceptors (Lipinski definition) is 5. The SMILES string of the molecule is N=C(N)c1ccc(N2CCN(CC3=C(c4ccc(Cl)cc4)CC4(CCC4)CC3)CC2)cc1Oc1cnc2[nH]ccc2c1. The number of nitrogen functional groups attached to an aromatic ring is 1. The smallest absolute Gasteiger partial charge is 0.146 e. The maximum atomic E-state index is 8.09. The van der Waals surface area contributed by atoms with Crippen LogP contribution in [0, 0.1) is 10.8 Å². The Morgan fingerprint density at radius 3 is 2.57 bits per heavy atom. The first-order valence-electron chi connectivity index (χ1n) is 15.0. The lowest BCUT2D eigenvalue weighted by Crippen LogP contribution is -2.47. The van der Waals surface area contributed by atoms with Gasteiger partial charge in [-0.1, -0.05) is 35.7 Å². The Morgan fingerprint density at radius 2 is 1.83 bits per heavy atom. The minimum atomic E-state index is -0.0158. The number of amidine groups is 1. The van der Waals surface area contributed by atoms with E-state index in [-0.39, 0.29) is 5.84 Å². The number of ether oxygens (including phenoxy) is 1. The number of aromatic amines is 1. The van der Waals surface area contributed by atoms with Gasteiger partial charge >= 0.3 is 0 Å². The van der Waals surface area contributed by atoms with Crippen LogP contribution in [0.25, 0.3) is 16.6 Å².